The highest BCUT2D eigenvalue weighted by molar-refractivity contribution is 7.99. The van der Waals surface area contributed by atoms with Gasteiger partial charge < -0.3 is 9.88 Å². The molecule has 0 atom stereocenters. The summed E-state index contributed by atoms with van der Waals surface area (Å²) in [4.78, 5) is 0. The molecular formula is C15H24N4S. The minimum Gasteiger partial charge on any atom is -0.314 e. The molecule has 1 heterocycles. The van der Waals surface area contributed by atoms with Crippen LogP contribution in [0.4, 0.5) is 0 Å². The van der Waals surface area contributed by atoms with Crippen LogP contribution in [0.3, 0.4) is 0 Å². The number of nitrogens with zero attached hydrogens (tertiary/aromatic N) is 3. The molecule has 0 aromatic carbocycles. The summed E-state index contributed by atoms with van der Waals surface area (Å²) in [6.45, 7) is 1.19. The van der Waals surface area contributed by atoms with Crippen molar-refractivity contribution in [3.8, 4) is 0 Å². The Bertz CT molecular complexity index is 460. The Morgan fingerprint density at radius 2 is 1.90 bits per heavy atom. The van der Waals surface area contributed by atoms with Gasteiger partial charge in [-0.25, -0.2) is 0 Å². The Balaban J connectivity index is 1.25. The van der Waals surface area contributed by atoms with Gasteiger partial charge in [0.05, 0.1) is 0 Å². The molecule has 0 bridgehead atoms. The van der Waals surface area contributed by atoms with Crippen molar-refractivity contribution in [2.24, 2.45) is 0 Å². The highest BCUT2D eigenvalue weighted by Gasteiger charge is 2.36. The molecule has 0 amide bonds. The predicted molar refractivity (Wildman–Crippen MR) is 81.3 cm³/mol. The van der Waals surface area contributed by atoms with Crippen LogP contribution >= 0.6 is 11.8 Å². The largest absolute Gasteiger partial charge is 0.314 e. The summed E-state index contributed by atoms with van der Waals surface area (Å²) in [5.41, 5.74) is 0. The Morgan fingerprint density at radius 3 is 2.60 bits per heavy atom. The van der Waals surface area contributed by atoms with E-state index in [4.69, 9.17) is 0 Å². The van der Waals surface area contributed by atoms with Crippen LogP contribution in [0.2, 0.25) is 0 Å². The molecule has 3 saturated carbocycles. The van der Waals surface area contributed by atoms with E-state index in [2.05, 4.69) is 20.1 Å². The number of aromatic nitrogens is 3. The maximum atomic E-state index is 4.47. The molecule has 0 aliphatic heterocycles. The van der Waals surface area contributed by atoms with Gasteiger partial charge >= 0.3 is 0 Å². The molecule has 0 radical (unpaired) electrons. The molecule has 1 N–H and O–H groups in total. The Kier molecular flexibility index (Phi) is 3.73. The third kappa shape index (κ3) is 3.19. The van der Waals surface area contributed by atoms with E-state index in [1.165, 1.54) is 74.6 Å². The van der Waals surface area contributed by atoms with Crippen molar-refractivity contribution in [2.75, 3.05) is 12.3 Å². The molecule has 0 unspecified atom stereocenters. The lowest BCUT2D eigenvalue weighted by Gasteiger charge is -2.08. The first-order chi connectivity index (χ1) is 9.92. The van der Waals surface area contributed by atoms with Crippen LogP contribution in [0, 0.1) is 0 Å². The van der Waals surface area contributed by atoms with Crippen LogP contribution < -0.4 is 5.32 Å². The van der Waals surface area contributed by atoms with Gasteiger partial charge in [-0.2, -0.15) is 0 Å². The topological polar surface area (TPSA) is 42.7 Å². The van der Waals surface area contributed by atoms with Crippen molar-refractivity contribution in [2.45, 2.75) is 74.5 Å². The molecule has 0 saturated heterocycles. The number of rotatable bonds is 9. The Morgan fingerprint density at radius 1 is 1.05 bits per heavy atom. The summed E-state index contributed by atoms with van der Waals surface area (Å²) >= 11 is 1.92. The van der Waals surface area contributed by atoms with Crippen molar-refractivity contribution in [3.05, 3.63) is 5.82 Å². The predicted octanol–water partition coefficient (Wildman–Crippen LogP) is 3.11. The normalized spacial score (nSPS) is 22.4. The molecule has 20 heavy (non-hydrogen) atoms. The number of unbranched alkanes of at least 4 members (excludes halogenated alkanes) is 1. The van der Waals surface area contributed by atoms with Crippen LogP contribution in [0.15, 0.2) is 5.16 Å². The lowest BCUT2D eigenvalue weighted by atomic mass is 10.3. The van der Waals surface area contributed by atoms with Gasteiger partial charge in [0.15, 0.2) is 5.16 Å². The van der Waals surface area contributed by atoms with E-state index < -0.39 is 0 Å². The molecule has 5 heteroatoms. The minimum absolute atomic E-state index is 0.722. The smallest absolute Gasteiger partial charge is 0.191 e. The van der Waals surface area contributed by atoms with Gasteiger partial charge in [0, 0.05) is 23.8 Å². The van der Waals surface area contributed by atoms with Crippen molar-refractivity contribution < 1.29 is 0 Å². The summed E-state index contributed by atoms with van der Waals surface area (Å²) in [6.07, 6.45) is 10.7. The zero-order valence-corrected chi connectivity index (χ0v) is 12.9. The molecule has 0 spiro atoms. The maximum Gasteiger partial charge on any atom is 0.191 e. The zero-order chi connectivity index (χ0) is 13.4. The third-order valence-electron chi connectivity index (χ3n) is 4.36. The summed E-state index contributed by atoms with van der Waals surface area (Å²) in [5, 5.41) is 13.7. The lowest BCUT2D eigenvalue weighted by Crippen LogP contribution is -2.17. The van der Waals surface area contributed by atoms with Crippen molar-refractivity contribution in [1.29, 1.82) is 0 Å². The first-order valence-electron chi connectivity index (χ1n) is 8.23. The summed E-state index contributed by atoms with van der Waals surface area (Å²) in [6, 6.07) is 1.57. The van der Waals surface area contributed by atoms with Gasteiger partial charge in [-0.3, -0.25) is 0 Å². The van der Waals surface area contributed by atoms with Gasteiger partial charge in [-0.05, 0) is 57.9 Å². The molecule has 110 valence electrons. The fraction of sp³-hybridized carbons (Fsp3) is 0.867. The highest BCUT2D eigenvalue weighted by Crippen LogP contribution is 2.46. The third-order valence-corrected chi connectivity index (χ3v) is 5.39. The fourth-order valence-electron chi connectivity index (χ4n) is 2.67. The molecule has 3 aliphatic carbocycles. The molecular weight excluding hydrogens is 268 g/mol. The SMILES string of the molecule is C(CCSc1nnc(C2CC2)n1C1CC1)CNC1CC1. The van der Waals surface area contributed by atoms with Gasteiger partial charge in [0.25, 0.3) is 0 Å². The summed E-state index contributed by atoms with van der Waals surface area (Å²) in [7, 11) is 0. The van der Waals surface area contributed by atoms with Crippen molar-refractivity contribution in [3.63, 3.8) is 0 Å². The quantitative estimate of drug-likeness (QED) is 0.561. The van der Waals surface area contributed by atoms with Crippen LogP contribution in [0.1, 0.15) is 69.2 Å². The molecule has 4 rings (SSSR count). The molecule has 4 nitrogen and oxygen atoms in total. The van der Waals surface area contributed by atoms with E-state index in [0.29, 0.717) is 0 Å². The second-order valence-electron chi connectivity index (χ2n) is 6.50. The van der Waals surface area contributed by atoms with E-state index >= 15 is 0 Å². The first-order valence-corrected chi connectivity index (χ1v) is 9.21. The number of thioether (sulfide) groups is 1. The fourth-order valence-corrected chi connectivity index (χ4v) is 3.68. The van der Waals surface area contributed by atoms with E-state index in [-0.39, 0.29) is 0 Å². The molecule has 3 fully saturated rings. The zero-order valence-electron chi connectivity index (χ0n) is 12.1. The summed E-state index contributed by atoms with van der Waals surface area (Å²) < 4.78 is 2.46. The van der Waals surface area contributed by atoms with Crippen molar-refractivity contribution >= 4 is 11.8 Å². The Labute approximate surface area is 125 Å². The monoisotopic (exact) mass is 292 g/mol. The van der Waals surface area contributed by atoms with E-state index in [1.807, 2.05) is 11.8 Å². The average molecular weight is 292 g/mol. The van der Waals surface area contributed by atoms with Crippen LogP contribution in [-0.2, 0) is 0 Å². The van der Waals surface area contributed by atoms with Gasteiger partial charge in [0.1, 0.15) is 5.82 Å². The maximum absolute atomic E-state index is 4.47. The van der Waals surface area contributed by atoms with Crippen LogP contribution in [-0.4, -0.2) is 33.1 Å². The highest BCUT2D eigenvalue weighted by atomic mass is 32.2. The van der Waals surface area contributed by atoms with Gasteiger partial charge in [-0.15, -0.1) is 10.2 Å². The van der Waals surface area contributed by atoms with E-state index in [0.717, 1.165) is 18.0 Å². The van der Waals surface area contributed by atoms with E-state index in [1.54, 1.807) is 0 Å². The molecule has 1 aromatic rings. The van der Waals surface area contributed by atoms with E-state index in [9.17, 15) is 0 Å². The first kappa shape index (κ1) is 13.1. The summed E-state index contributed by atoms with van der Waals surface area (Å²) in [5.74, 6) is 3.19. The number of hydrogen-bond donors (Lipinski definition) is 1. The van der Waals surface area contributed by atoms with Gasteiger partial charge in [0.2, 0.25) is 0 Å². The number of hydrogen-bond acceptors (Lipinski definition) is 4. The van der Waals surface area contributed by atoms with Crippen LogP contribution in [0.5, 0.6) is 0 Å². The minimum atomic E-state index is 0.722. The van der Waals surface area contributed by atoms with Crippen molar-refractivity contribution in [1.82, 2.24) is 20.1 Å². The standard InChI is InChI=1S/C15H24N4S/c1(9-16-12-5-6-12)2-10-20-15-18-17-14(11-3-4-11)19(15)13-7-8-13/h11-13,16H,1-10H2. The number of nitrogens with one attached hydrogen (secondary N) is 1. The second kappa shape index (κ2) is 5.68. The van der Waals surface area contributed by atoms with Gasteiger partial charge in [-0.1, -0.05) is 11.8 Å². The Hall–Kier alpha value is -0.550. The van der Waals surface area contributed by atoms with Crippen LogP contribution in [0.25, 0.3) is 0 Å². The lowest BCUT2D eigenvalue weighted by molar-refractivity contribution is 0.624. The molecule has 3 aliphatic rings. The average Bonchev–Trinajstić information content (AvgIpc) is 3.32. The molecule has 1 aromatic heterocycles. The second-order valence-corrected chi connectivity index (χ2v) is 7.56.